The number of hydrogen-bond acceptors (Lipinski definition) is 3. The molecule has 0 aliphatic heterocycles. The minimum atomic E-state index is 0.135. The first kappa shape index (κ1) is 10.1. The van der Waals surface area contributed by atoms with Crippen molar-refractivity contribution in [1.29, 1.82) is 0 Å². The number of Topliss-reactive ketones (excluding diaryl/α,β-unsaturated/α-hetero) is 1. The van der Waals surface area contributed by atoms with Crippen LogP contribution in [0.1, 0.15) is 33.4 Å². The quantitative estimate of drug-likeness (QED) is 0.585. The van der Waals surface area contributed by atoms with Gasteiger partial charge in [0.15, 0.2) is 12.1 Å². The Morgan fingerprint density at radius 3 is 2.87 bits per heavy atom. The monoisotopic (exact) mass is 218 g/mol. The van der Waals surface area contributed by atoms with Gasteiger partial charge >= 0.3 is 0 Å². The third-order valence-corrected chi connectivity index (χ3v) is 3.34. The van der Waals surface area contributed by atoms with Crippen LogP contribution in [0.25, 0.3) is 10.1 Å². The minimum Gasteiger partial charge on any atom is -0.297 e. The number of hydrogen-bond donors (Lipinski definition) is 0. The molecule has 0 saturated carbocycles. The van der Waals surface area contributed by atoms with E-state index >= 15 is 0 Å². The average Bonchev–Trinajstić information content (AvgIpc) is 2.69. The zero-order valence-electron chi connectivity index (χ0n) is 8.32. The van der Waals surface area contributed by atoms with E-state index in [0.29, 0.717) is 11.3 Å². The van der Waals surface area contributed by atoms with E-state index in [1.54, 1.807) is 0 Å². The van der Waals surface area contributed by atoms with Gasteiger partial charge in [-0.05, 0) is 29.7 Å². The summed E-state index contributed by atoms with van der Waals surface area (Å²) in [6, 6.07) is 7.39. The largest absolute Gasteiger partial charge is 0.297 e. The number of benzene rings is 1. The normalized spacial score (nSPS) is 10.5. The Labute approximate surface area is 91.5 Å². The van der Waals surface area contributed by atoms with Gasteiger partial charge in [0.2, 0.25) is 0 Å². The zero-order valence-corrected chi connectivity index (χ0v) is 9.14. The number of carbonyl (C=O) groups excluding carboxylic acids is 2. The lowest BCUT2D eigenvalue weighted by Crippen LogP contribution is -1.94. The van der Waals surface area contributed by atoms with E-state index in [1.165, 1.54) is 11.3 Å². The molecular weight excluding hydrogens is 208 g/mol. The molecule has 0 N–H and O–H groups in total. The van der Waals surface area contributed by atoms with Crippen LogP contribution in [0.4, 0.5) is 0 Å². The fourth-order valence-corrected chi connectivity index (χ4v) is 2.36. The summed E-state index contributed by atoms with van der Waals surface area (Å²) in [6.45, 7) is 1.84. The maximum atomic E-state index is 11.5. The fraction of sp³-hybridized carbons (Fsp3) is 0.167. The Bertz CT molecular complexity index is 525. The molecule has 0 fully saturated rings. The molecule has 3 heteroatoms. The van der Waals surface area contributed by atoms with Crippen molar-refractivity contribution in [1.82, 2.24) is 0 Å². The Balaban J connectivity index is 2.55. The lowest BCUT2D eigenvalue weighted by molar-refractivity contribution is 0.0988. The molecule has 2 nitrogen and oxygen atoms in total. The van der Waals surface area contributed by atoms with Crippen LogP contribution in [-0.4, -0.2) is 12.1 Å². The van der Waals surface area contributed by atoms with E-state index in [4.69, 9.17) is 0 Å². The van der Waals surface area contributed by atoms with Crippen molar-refractivity contribution in [3.8, 4) is 0 Å². The minimum absolute atomic E-state index is 0.135. The van der Waals surface area contributed by atoms with Gasteiger partial charge in [0.25, 0.3) is 0 Å². The lowest BCUT2D eigenvalue weighted by Gasteiger charge is -1.96. The van der Waals surface area contributed by atoms with E-state index in [-0.39, 0.29) is 5.78 Å². The van der Waals surface area contributed by atoms with Crippen molar-refractivity contribution in [2.24, 2.45) is 0 Å². The predicted octanol–water partition coefficient (Wildman–Crippen LogP) is 3.31. The maximum Gasteiger partial charge on any atom is 0.162 e. The molecule has 2 aromatic rings. The van der Waals surface area contributed by atoms with Crippen LogP contribution in [0.15, 0.2) is 24.3 Å². The highest BCUT2D eigenvalue weighted by atomic mass is 32.1. The number of fused-ring (bicyclic) bond motifs is 1. The summed E-state index contributed by atoms with van der Waals surface area (Å²) in [7, 11) is 0. The van der Waals surface area contributed by atoms with E-state index in [9.17, 15) is 9.59 Å². The number of aldehydes is 1. The van der Waals surface area contributed by atoms with Crippen LogP contribution in [0.5, 0.6) is 0 Å². The molecule has 0 unspecified atom stereocenters. The first-order chi connectivity index (χ1) is 7.24. The van der Waals surface area contributed by atoms with Crippen molar-refractivity contribution < 1.29 is 9.59 Å². The summed E-state index contributed by atoms with van der Waals surface area (Å²) in [6.07, 6.45) is 1.35. The first-order valence-corrected chi connectivity index (χ1v) is 5.58. The number of ketones is 1. The van der Waals surface area contributed by atoms with Gasteiger partial charge in [0.05, 0.1) is 4.88 Å². The zero-order chi connectivity index (χ0) is 10.8. The number of rotatable bonds is 3. The Morgan fingerprint density at radius 2 is 2.20 bits per heavy atom. The summed E-state index contributed by atoms with van der Waals surface area (Å²) >= 11 is 1.45. The van der Waals surface area contributed by atoms with Crippen molar-refractivity contribution in [2.75, 3.05) is 0 Å². The second-order valence-corrected chi connectivity index (χ2v) is 4.41. The molecule has 1 aromatic heterocycles. The predicted molar refractivity (Wildman–Crippen MR) is 61.8 cm³/mol. The van der Waals surface area contributed by atoms with E-state index in [2.05, 4.69) is 0 Å². The summed E-state index contributed by atoms with van der Waals surface area (Å²) < 4.78 is 1.05. The molecule has 0 atom stereocenters. The van der Waals surface area contributed by atoms with Crippen molar-refractivity contribution in [3.05, 3.63) is 34.7 Å². The maximum absolute atomic E-state index is 11.5. The van der Waals surface area contributed by atoms with Crippen LogP contribution >= 0.6 is 11.3 Å². The third kappa shape index (κ3) is 1.83. The fourth-order valence-electron chi connectivity index (χ4n) is 1.50. The molecule has 0 bridgehead atoms. The van der Waals surface area contributed by atoms with Crippen LogP contribution in [0.3, 0.4) is 0 Å². The van der Waals surface area contributed by atoms with Crippen LogP contribution < -0.4 is 0 Å². The lowest BCUT2D eigenvalue weighted by atomic mass is 10.1. The van der Waals surface area contributed by atoms with Gasteiger partial charge in [-0.15, -0.1) is 11.3 Å². The van der Waals surface area contributed by atoms with E-state index < -0.39 is 0 Å². The van der Waals surface area contributed by atoms with Gasteiger partial charge in [-0.25, -0.2) is 0 Å². The number of thiophene rings is 1. The standard InChI is InChI=1S/C12H10O2S/c1-2-11(14)8-3-4-12-9(5-8)6-10(7-13)15-12/h3-7H,2H2,1H3. The SMILES string of the molecule is CCC(=O)c1ccc2sc(C=O)cc2c1. The average molecular weight is 218 g/mol. The summed E-state index contributed by atoms with van der Waals surface area (Å²) in [4.78, 5) is 22.8. The molecule has 0 radical (unpaired) electrons. The second-order valence-electron chi connectivity index (χ2n) is 3.30. The summed E-state index contributed by atoms with van der Waals surface area (Å²) in [5, 5.41) is 0.974. The topological polar surface area (TPSA) is 34.1 Å². The highest BCUT2D eigenvalue weighted by molar-refractivity contribution is 7.20. The third-order valence-electron chi connectivity index (χ3n) is 2.29. The number of carbonyl (C=O) groups is 2. The van der Waals surface area contributed by atoms with Crippen LogP contribution in [0.2, 0.25) is 0 Å². The molecule has 1 heterocycles. The van der Waals surface area contributed by atoms with Crippen LogP contribution in [0, 0.1) is 0 Å². The Kier molecular flexibility index (Phi) is 2.64. The smallest absolute Gasteiger partial charge is 0.162 e. The van der Waals surface area contributed by atoms with Gasteiger partial charge in [0.1, 0.15) is 0 Å². The van der Waals surface area contributed by atoms with Gasteiger partial charge in [-0.3, -0.25) is 9.59 Å². The van der Waals surface area contributed by atoms with Gasteiger partial charge in [-0.2, -0.15) is 0 Å². The Hall–Kier alpha value is -1.48. The molecule has 76 valence electrons. The highest BCUT2D eigenvalue weighted by Crippen LogP contribution is 2.25. The molecule has 15 heavy (non-hydrogen) atoms. The first-order valence-electron chi connectivity index (χ1n) is 4.76. The molecule has 0 saturated heterocycles. The summed E-state index contributed by atoms with van der Waals surface area (Å²) in [5.74, 6) is 0.135. The molecule has 1 aromatic carbocycles. The van der Waals surface area contributed by atoms with Gasteiger partial charge in [-0.1, -0.05) is 6.92 Å². The van der Waals surface area contributed by atoms with Crippen molar-refractivity contribution >= 4 is 33.5 Å². The molecule has 0 aliphatic carbocycles. The molecule has 0 amide bonds. The molecule has 0 spiro atoms. The second kappa shape index (κ2) is 3.95. The van der Waals surface area contributed by atoms with Crippen molar-refractivity contribution in [2.45, 2.75) is 13.3 Å². The van der Waals surface area contributed by atoms with Gasteiger partial charge < -0.3 is 0 Å². The Morgan fingerprint density at radius 1 is 1.40 bits per heavy atom. The molecular formula is C12H10O2S. The molecule has 2 rings (SSSR count). The van der Waals surface area contributed by atoms with Crippen molar-refractivity contribution in [3.63, 3.8) is 0 Å². The van der Waals surface area contributed by atoms with E-state index in [1.807, 2.05) is 31.2 Å². The highest BCUT2D eigenvalue weighted by Gasteiger charge is 2.06. The van der Waals surface area contributed by atoms with Crippen LogP contribution in [-0.2, 0) is 0 Å². The van der Waals surface area contributed by atoms with E-state index in [0.717, 1.165) is 21.9 Å². The molecule has 0 aliphatic rings. The van der Waals surface area contributed by atoms with Gasteiger partial charge in [0, 0.05) is 16.7 Å². The summed E-state index contributed by atoms with van der Waals surface area (Å²) in [5.41, 5.74) is 0.722.